The lowest BCUT2D eigenvalue weighted by Gasteiger charge is -2.14. The normalized spacial score (nSPS) is 15.2. The highest BCUT2D eigenvalue weighted by Gasteiger charge is 2.20. The standard InChI is InChI=1S/C8H15NO3/c1-2-3-4-6(11)8(9)7(12)5-10/h5-6,8,11H,2-4,9H2,1H3/t6-,8+/m1/s1. The van der Waals surface area contributed by atoms with Crippen molar-refractivity contribution in [2.75, 3.05) is 0 Å². The molecule has 0 saturated heterocycles. The van der Waals surface area contributed by atoms with Gasteiger partial charge < -0.3 is 10.8 Å². The molecule has 0 aliphatic carbocycles. The first kappa shape index (κ1) is 11.3. The van der Waals surface area contributed by atoms with Gasteiger partial charge in [0.2, 0.25) is 5.78 Å². The zero-order valence-electron chi connectivity index (χ0n) is 7.19. The number of nitrogens with two attached hydrogens (primary N) is 1. The summed E-state index contributed by atoms with van der Waals surface area (Å²) < 4.78 is 0. The number of aliphatic hydroxyl groups excluding tert-OH is 1. The van der Waals surface area contributed by atoms with Crippen molar-refractivity contribution in [3.63, 3.8) is 0 Å². The molecule has 0 aliphatic rings. The van der Waals surface area contributed by atoms with Gasteiger partial charge in [0.05, 0.1) is 12.1 Å². The smallest absolute Gasteiger partial charge is 0.214 e. The number of ketones is 1. The van der Waals surface area contributed by atoms with Crippen molar-refractivity contribution in [2.24, 2.45) is 5.73 Å². The van der Waals surface area contributed by atoms with Crippen molar-refractivity contribution in [2.45, 2.75) is 38.3 Å². The second-order valence-corrected chi connectivity index (χ2v) is 2.76. The quantitative estimate of drug-likeness (QED) is 0.424. The van der Waals surface area contributed by atoms with Crippen LogP contribution in [-0.2, 0) is 9.59 Å². The van der Waals surface area contributed by atoms with E-state index in [0.29, 0.717) is 6.42 Å². The van der Waals surface area contributed by atoms with Crippen LogP contribution < -0.4 is 5.73 Å². The third kappa shape index (κ3) is 3.59. The molecule has 2 atom stereocenters. The molecule has 3 N–H and O–H groups in total. The molecule has 0 aromatic heterocycles. The number of carbonyl (C=O) groups is 2. The number of carbonyl (C=O) groups excluding carboxylic acids is 2. The van der Waals surface area contributed by atoms with Crippen LogP contribution in [0.4, 0.5) is 0 Å². The number of aldehydes is 1. The molecule has 0 spiro atoms. The number of unbranched alkanes of at least 4 members (excludes halogenated alkanes) is 1. The molecule has 12 heavy (non-hydrogen) atoms. The van der Waals surface area contributed by atoms with Crippen LogP contribution >= 0.6 is 0 Å². The van der Waals surface area contributed by atoms with Gasteiger partial charge in [-0.25, -0.2) is 0 Å². The van der Waals surface area contributed by atoms with E-state index in [0.717, 1.165) is 12.8 Å². The average Bonchev–Trinajstić information content (AvgIpc) is 2.11. The zero-order valence-corrected chi connectivity index (χ0v) is 7.19. The highest BCUT2D eigenvalue weighted by atomic mass is 16.3. The molecule has 4 nitrogen and oxygen atoms in total. The Kier molecular flexibility index (Phi) is 5.49. The maximum Gasteiger partial charge on any atom is 0.214 e. The molecule has 0 fully saturated rings. The Morgan fingerprint density at radius 3 is 2.67 bits per heavy atom. The summed E-state index contributed by atoms with van der Waals surface area (Å²) in [4.78, 5) is 20.6. The summed E-state index contributed by atoms with van der Waals surface area (Å²) in [5, 5.41) is 9.25. The fourth-order valence-corrected chi connectivity index (χ4v) is 0.861. The van der Waals surface area contributed by atoms with Crippen LogP contribution in [0, 0.1) is 0 Å². The summed E-state index contributed by atoms with van der Waals surface area (Å²) in [5.41, 5.74) is 5.28. The van der Waals surface area contributed by atoms with Gasteiger partial charge in [-0.3, -0.25) is 9.59 Å². The third-order valence-electron chi connectivity index (χ3n) is 1.71. The number of hydrogen-bond acceptors (Lipinski definition) is 4. The summed E-state index contributed by atoms with van der Waals surface area (Å²) in [6.07, 6.45) is 1.47. The molecule has 0 heterocycles. The second-order valence-electron chi connectivity index (χ2n) is 2.76. The third-order valence-corrected chi connectivity index (χ3v) is 1.71. The lowest BCUT2D eigenvalue weighted by molar-refractivity contribution is -0.132. The van der Waals surface area contributed by atoms with E-state index >= 15 is 0 Å². The topological polar surface area (TPSA) is 80.4 Å². The van der Waals surface area contributed by atoms with Gasteiger partial charge in [-0.05, 0) is 6.42 Å². The minimum Gasteiger partial charge on any atom is -0.391 e. The molecule has 0 aromatic rings. The fraction of sp³-hybridized carbons (Fsp3) is 0.750. The van der Waals surface area contributed by atoms with E-state index < -0.39 is 17.9 Å². The highest BCUT2D eigenvalue weighted by Crippen LogP contribution is 2.03. The predicted octanol–water partition coefficient (Wildman–Crippen LogP) is -0.367. The largest absolute Gasteiger partial charge is 0.391 e. The first-order valence-electron chi connectivity index (χ1n) is 4.06. The van der Waals surface area contributed by atoms with Crippen LogP contribution in [0.25, 0.3) is 0 Å². The average molecular weight is 173 g/mol. The number of hydrogen-bond donors (Lipinski definition) is 2. The van der Waals surface area contributed by atoms with E-state index in [9.17, 15) is 14.7 Å². The number of Topliss-reactive ketones (excluding diaryl/α,β-unsaturated/α-hetero) is 1. The summed E-state index contributed by atoms with van der Waals surface area (Å²) in [6, 6.07) is -1.05. The molecule has 0 rings (SSSR count). The second kappa shape index (κ2) is 5.85. The Balaban J connectivity index is 3.83. The zero-order chi connectivity index (χ0) is 9.56. The van der Waals surface area contributed by atoms with Crippen LogP contribution in [0.3, 0.4) is 0 Å². The Hall–Kier alpha value is -0.740. The van der Waals surface area contributed by atoms with Crippen molar-refractivity contribution in [3.8, 4) is 0 Å². The highest BCUT2D eigenvalue weighted by molar-refractivity contribution is 6.27. The lowest BCUT2D eigenvalue weighted by Crippen LogP contribution is -2.42. The molecular weight excluding hydrogens is 158 g/mol. The summed E-state index contributed by atoms with van der Waals surface area (Å²) in [7, 11) is 0. The minimum absolute atomic E-state index is 0.153. The van der Waals surface area contributed by atoms with Crippen LogP contribution in [0.5, 0.6) is 0 Å². The molecule has 70 valence electrons. The van der Waals surface area contributed by atoms with E-state index in [1.807, 2.05) is 6.92 Å². The molecule has 0 unspecified atom stereocenters. The van der Waals surface area contributed by atoms with Gasteiger partial charge in [0.25, 0.3) is 0 Å². The molecule has 0 radical (unpaired) electrons. The summed E-state index contributed by atoms with van der Waals surface area (Å²) in [5.74, 6) is -0.737. The van der Waals surface area contributed by atoms with Crippen LogP contribution in [-0.4, -0.2) is 29.3 Å². The van der Waals surface area contributed by atoms with Gasteiger partial charge in [0, 0.05) is 0 Å². The van der Waals surface area contributed by atoms with Gasteiger partial charge in [0.15, 0.2) is 6.29 Å². The van der Waals surface area contributed by atoms with Gasteiger partial charge in [-0.2, -0.15) is 0 Å². The monoisotopic (exact) mass is 173 g/mol. The SMILES string of the molecule is CCCC[C@@H](O)[C@H](N)C(=O)C=O. The van der Waals surface area contributed by atoms with Crippen LogP contribution in [0.1, 0.15) is 26.2 Å². The minimum atomic E-state index is -1.05. The van der Waals surface area contributed by atoms with Crippen LogP contribution in [0.2, 0.25) is 0 Å². The fourth-order valence-electron chi connectivity index (χ4n) is 0.861. The van der Waals surface area contributed by atoms with E-state index in [4.69, 9.17) is 5.73 Å². The first-order valence-corrected chi connectivity index (χ1v) is 4.06. The molecule has 0 amide bonds. The molecule has 0 aromatic carbocycles. The van der Waals surface area contributed by atoms with Crippen LogP contribution in [0.15, 0.2) is 0 Å². The van der Waals surface area contributed by atoms with Gasteiger partial charge in [-0.15, -0.1) is 0 Å². The summed E-state index contributed by atoms with van der Waals surface area (Å²) in [6.45, 7) is 1.97. The molecule has 0 saturated carbocycles. The van der Waals surface area contributed by atoms with Gasteiger partial charge >= 0.3 is 0 Å². The maximum atomic E-state index is 10.7. The number of aliphatic hydroxyl groups is 1. The molecule has 0 aliphatic heterocycles. The molecule has 0 bridgehead atoms. The Morgan fingerprint density at radius 1 is 1.67 bits per heavy atom. The Labute approximate surface area is 71.8 Å². The molecule has 4 heteroatoms. The van der Waals surface area contributed by atoms with Crippen molar-refractivity contribution in [1.29, 1.82) is 0 Å². The maximum absolute atomic E-state index is 10.7. The number of rotatable bonds is 6. The first-order chi connectivity index (χ1) is 5.63. The molecular formula is C8H15NO3. The van der Waals surface area contributed by atoms with Gasteiger partial charge in [0.1, 0.15) is 0 Å². The van der Waals surface area contributed by atoms with Crippen molar-refractivity contribution < 1.29 is 14.7 Å². The predicted molar refractivity (Wildman–Crippen MR) is 44.6 cm³/mol. The van der Waals surface area contributed by atoms with Crippen molar-refractivity contribution in [3.05, 3.63) is 0 Å². The van der Waals surface area contributed by atoms with E-state index in [1.165, 1.54) is 0 Å². The van der Waals surface area contributed by atoms with Gasteiger partial charge in [-0.1, -0.05) is 19.8 Å². The van der Waals surface area contributed by atoms with E-state index in [-0.39, 0.29) is 6.29 Å². The van der Waals surface area contributed by atoms with Crippen molar-refractivity contribution in [1.82, 2.24) is 0 Å². The van der Waals surface area contributed by atoms with Crippen molar-refractivity contribution >= 4 is 12.1 Å². The van der Waals surface area contributed by atoms with E-state index in [1.54, 1.807) is 0 Å². The Morgan fingerprint density at radius 2 is 2.25 bits per heavy atom. The lowest BCUT2D eigenvalue weighted by atomic mass is 10.0. The Bertz CT molecular complexity index is 158. The van der Waals surface area contributed by atoms with E-state index in [2.05, 4.69) is 0 Å². The summed E-state index contributed by atoms with van der Waals surface area (Å²) >= 11 is 0.